The van der Waals surface area contributed by atoms with E-state index in [-0.39, 0.29) is 38.3 Å². The summed E-state index contributed by atoms with van der Waals surface area (Å²) in [5, 5.41) is 0. The second-order valence-corrected chi connectivity index (χ2v) is 19.6. The van der Waals surface area contributed by atoms with Crippen LogP contribution in [0.3, 0.4) is 0 Å². The molecule has 0 aromatic rings. The third kappa shape index (κ3) is 39.5. The van der Waals surface area contributed by atoms with E-state index in [9.17, 15) is 19.0 Å². The number of unbranched alkanes of at least 4 members (excludes halogenated alkanes) is 22. The lowest BCUT2D eigenvalue weighted by atomic mass is 10.0. The first-order chi connectivity index (χ1) is 29.5. The lowest BCUT2D eigenvalue weighted by Gasteiger charge is -2.28. The molecule has 0 aromatic heterocycles. The number of esters is 2. The Morgan fingerprint density at radius 2 is 1.05 bits per heavy atom. The molecule has 10 nitrogen and oxygen atoms in total. The van der Waals surface area contributed by atoms with Gasteiger partial charge in [-0.05, 0) is 51.4 Å². The fourth-order valence-electron chi connectivity index (χ4n) is 7.04. The van der Waals surface area contributed by atoms with E-state index >= 15 is 0 Å². The van der Waals surface area contributed by atoms with Crippen molar-refractivity contribution in [2.45, 2.75) is 225 Å². The maximum Gasteiger partial charge on any atom is 0.306 e. The van der Waals surface area contributed by atoms with Gasteiger partial charge in [-0.2, -0.15) is 0 Å². The van der Waals surface area contributed by atoms with Crippen molar-refractivity contribution in [1.82, 2.24) is 0 Å². The molecule has 4 atom stereocenters. The SMILES string of the molecule is CCCCC/C=C\C/C=C\CC1OC1C/C=C\CCCC(=O)OC[C@H](COP(=O)([O-])OCC[N+](C)(C)C)OC(=O)CCCCCCCCCCCCCCCCCCCCC. The molecule has 1 fully saturated rings. The zero-order chi connectivity index (χ0) is 44.7. The van der Waals surface area contributed by atoms with Gasteiger partial charge in [0.1, 0.15) is 19.8 Å². The monoisotopic (exact) mass is 882 g/mol. The molecular formula is C50H92NO9P. The van der Waals surface area contributed by atoms with Crippen LogP contribution in [-0.2, 0) is 37.4 Å². The number of likely N-dealkylation sites (N-methyl/N-ethyl adjacent to an activating group) is 1. The number of hydrogen-bond acceptors (Lipinski definition) is 9. The molecule has 1 aliphatic heterocycles. The van der Waals surface area contributed by atoms with Gasteiger partial charge < -0.3 is 32.6 Å². The Morgan fingerprint density at radius 1 is 0.590 bits per heavy atom. The number of epoxide rings is 1. The van der Waals surface area contributed by atoms with Crippen molar-refractivity contribution in [3.8, 4) is 0 Å². The van der Waals surface area contributed by atoms with Gasteiger partial charge in [0.25, 0.3) is 7.82 Å². The molecular weight excluding hydrogens is 790 g/mol. The van der Waals surface area contributed by atoms with Crippen LogP contribution in [0.15, 0.2) is 36.5 Å². The van der Waals surface area contributed by atoms with Gasteiger partial charge >= 0.3 is 11.9 Å². The zero-order valence-electron chi connectivity index (χ0n) is 39.8. The third-order valence-corrected chi connectivity index (χ3v) is 12.0. The van der Waals surface area contributed by atoms with Crippen LogP contribution in [0.2, 0.25) is 0 Å². The lowest BCUT2D eigenvalue weighted by Crippen LogP contribution is -2.37. The average molecular weight is 882 g/mol. The number of phosphoric acid groups is 1. The Balaban J connectivity index is 2.26. The standard InChI is InChI=1S/C50H92NO9P/c1-6-8-10-12-14-16-17-18-19-20-21-22-23-24-25-27-29-31-37-41-50(53)59-46(45-58-61(54,55)57-43-42-51(3,4)5)44-56-49(52)40-36-33-32-35-39-48-47(60-48)38-34-30-28-26-15-13-11-9-7-2/h15,26,30,32,34-35,46-48H,6-14,16-25,27-29,31,33,36-45H2,1-5H3/b26-15-,34-30-,35-32-/t46-,47?,48?/m1/s1. The first kappa shape index (κ1) is 57.2. The van der Waals surface area contributed by atoms with Crippen LogP contribution >= 0.6 is 7.82 Å². The Bertz CT molecular complexity index is 1200. The van der Waals surface area contributed by atoms with E-state index in [1.807, 2.05) is 21.1 Å². The highest BCUT2D eigenvalue weighted by Gasteiger charge is 2.36. The second-order valence-electron chi connectivity index (χ2n) is 18.2. The van der Waals surface area contributed by atoms with Crippen LogP contribution in [-0.4, -0.2) is 82.2 Å². The maximum absolute atomic E-state index is 12.7. The van der Waals surface area contributed by atoms with E-state index in [2.05, 4.69) is 50.3 Å². The minimum absolute atomic E-state index is 0.0411. The van der Waals surface area contributed by atoms with Crippen molar-refractivity contribution < 1.29 is 46.8 Å². The van der Waals surface area contributed by atoms with Crippen LogP contribution in [0.4, 0.5) is 0 Å². The van der Waals surface area contributed by atoms with Crippen molar-refractivity contribution in [2.75, 3.05) is 47.5 Å². The van der Waals surface area contributed by atoms with Crippen molar-refractivity contribution in [2.24, 2.45) is 0 Å². The van der Waals surface area contributed by atoms with Gasteiger partial charge in [-0.3, -0.25) is 14.2 Å². The fourth-order valence-corrected chi connectivity index (χ4v) is 7.77. The van der Waals surface area contributed by atoms with Crippen molar-refractivity contribution in [3.63, 3.8) is 0 Å². The smallest absolute Gasteiger partial charge is 0.306 e. The van der Waals surface area contributed by atoms with Crippen LogP contribution < -0.4 is 4.89 Å². The summed E-state index contributed by atoms with van der Waals surface area (Å²) in [4.78, 5) is 37.7. The predicted octanol–water partition coefficient (Wildman–Crippen LogP) is 12.8. The van der Waals surface area contributed by atoms with Gasteiger partial charge in [-0.25, -0.2) is 0 Å². The third-order valence-electron chi connectivity index (χ3n) is 11.1. The van der Waals surface area contributed by atoms with E-state index in [0.29, 0.717) is 23.9 Å². The number of nitrogens with zero attached hydrogens (tertiary/aromatic N) is 1. The molecule has 61 heavy (non-hydrogen) atoms. The molecule has 1 saturated heterocycles. The number of ether oxygens (including phenoxy) is 3. The molecule has 0 spiro atoms. The van der Waals surface area contributed by atoms with Crippen LogP contribution in [0.25, 0.3) is 0 Å². The number of allylic oxidation sites excluding steroid dienone is 4. The van der Waals surface area contributed by atoms with Crippen molar-refractivity contribution in [3.05, 3.63) is 36.5 Å². The van der Waals surface area contributed by atoms with Gasteiger partial charge in [0.05, 0.1) is 40.0 Å². The Kier molecular flexibility index (Phi) is 36.2. The largest absolute Gasteiger partial charge is 0.756 e. The molecule has 1 heterocycles. The molecule has 1 aliphatic rings. The number of rotatable bonds is 44. The summed E-state index contributed by atoms with van der Waals surface area (Å²) in [5.74, 6) is -0.900. The minimum Gasteiger partial charge on any atom is -0.756 e. The van der Waals surface area contributed by atoms with Crippen LogP contribution in [0, 0.1) is 0 Å². The summed E-state index contributed by atoms with van der Waals surface area (Å²) >= 11 is 0. The van der Waals surface area contributed by atoms with E-state index in [1.165, 1.54) is 122 Å². The van der Waals surface area contributed by atoms with E-state index in [4.69, 9.17) is 23.3 Å². The van der Waals surface area contributed by atoms with Gasteiger partial charge in [0, 0.05) is 12.8 Å². The molecule has 0 radical (unpaired) electrons. The Hall–Kier alpha value is -1.81. The van der Waals surface area contributed by atoms with Crippen molar-refractivity contribution >= 4 is 19.8 Å². The first-order valence-corrected chi connectivity index (χ1v) is 26.3. The fraction of sp³-hybridized carbons (Fsp3) is 0.840. The first-order valence-electron chi connectivity index (χ1n) is 24.8. The van der Waals surface area contributed by atoms with E-state index in [0.717, 1.165) is 44.9 Å². The second kappa shape index (κ2) is 38.6. The summed E-state index contributed by atoms with van der Waals surface area (Å²) in [6.07, 6.45) is 46.3. The summed E-state index contributed by atoms with van der Waals surface area (Å²) < 4.78 is 39.8. The van der Waals surface area contributed by atoms with Gasteiger partial charge in [-0.1, -0.05) is 179 Å². The molecule has 356 valence electrons. The number of phosphoric ester groups is 1. The molecule has 11 heteroatoms. The van der Waals surface area contributed by atoms with Crippen molar-refractivity contribution in [1.29, 1.82) is 0 Å². The number of carbonyl (C=O) groups excluding carboxylic acids is 2. The summed E-state index contributed by atoms with van der Waals surface area (Å²) in [6.45, 7) is 4.15. The number of carbonyl (C=O) groups is 2. The Labute approximate surface area is 374 Å². The van der Waals surface area contributed by atoms with Crippen LogP contribution in [0.5, 0.6) is 0 Å². The normalized spacial score (nSPS) is 17.1. The number of hydrogen-bond donors (Lipinski definition) is 0. The molecule has 0 bridgehead atoms. The topological polar surface area (TPSA) is 124 Å². The molecule has 0 aromatic carbocycles. The van der Waals surface area contributed by atoms with E-state index < -0.39 is 32.5 Å². The highest BCUT2D eigenvalue weighted by molar-refractivity contribution is 7.45. The molecule has 1 rings (SSSR count). The molecule has 3 unspecified atom stereocenters. The molecule has 0 aliphatic carbocycles. The molecule has 0 saturated carbocycles. The minimum atomic E-state index is -4.64. The molecule has 0 N–H and O–H groups in total. The number of quaternary nitrogens is 1. The van der Waals surface area contributed by atoms with Gasteiger partial charge in [0.15, 0.2) is 6.10 Å². The zero-order valence-corrected chi connectivity index (χ0v) is 40.7. The van der Waals surface area contributed by atoms with E-state index in [1.54, 1.807) is 0 Å². The lowest BCUT2D eigenvalue weighted by molar-refractivity contribution is -0.870. The highest BCUT2D eigenvalue weighted by Crippen LogP contribution is 2.38. The summed E-state index contributed by atoms with van der Waals surface area (Å²) in [6, 6.07) is 0. The molecule has 0 amide bonds. The Morgan fingerprint density at radius 3 is 1.61 bits per heavy atom. The summed E-state index contributed by atoms with van der Waals surface area (Å²) in [5.41, 5.74) is 0. The average Bonchev–Trinajstić information content (AvgIpc) is 3.97. The van der Waals surface area contributed by atoms with Crippen LogP contribution in [0.1, 0.15) is 206 Å². The highest BCUT2D eigenvalue weighted by atomic mass is 31.2. The summed E-state index contributed by atoms with van der Waals surface area (Å²) in [7, 11) is 1.13. The predicted molar refractivity (Wildman–Crippen MR) is 249 cm³/mol. The maximum atomic E-state index is 12.7. The van der Waals surface area contributed by atoms with Gasteiger partial charge in [0.2, 0.25) is 0 Å². The quantitative estimate of drug-likeness (QED) is 0.0147. The van der Waals surface area contributed by atoms with Gasteiger partial charge in [-0.15, -0.1) is 0 Å².